The highest BCUT2D eigenvalue weighted by Crippen LogP contribution is 2.23. The second kappa shape index (κ2) is 5.65. The zero-order valence-electron chi connectivity index (χ0n) is 9.48. The topological polar surface area (TPSA) is 30.7 Å². The van der Waals surface area contributed by atoms with Crippen molar-refractivity contribution in [3.05, 3.63) is 46.7 Å². The Morgan fingerprint density at radius 2 is 2.18 bits per heavy atom. The molecule has 2 aromatic rings. The lowest BCUT2D eigenvalue weighted by Gasteiger charge is -2.03. The summed E-state index contributed by atoms with van der Waals surface area (Å²) in [6.07, 6.45) is 2.94. The van der Waals surface area contributed by atoms with Gasteiger partial charge in [-0.2, -0.15) is 0 Å². The Bertz CT molecular complexity index is 498. The molecule has 1 atom stereocenters. The molecule has 1 aromatic heterocycles. The van der Waals surface area contributed by atoms with Crippen LogP contribution in [0, 0.1) is 0 Å². The molecule has 1 unspecified atom stereocenters. The van der Waals surface area contributed by atoms with Gasteiger partial charge in [-0.1, -0.05) is 57.9 Å². The molecule has 0 N–H and O–H groups in total. The van der Waals surface area contributed by atoms with Gasteiger partial charge in [-0.25, -0.2) is 4.68 Å². The van der Waals surface area contributed by atoms with Crippen molar-refractivity contribution in [2.75, 3.05) is 0 Å². The number of hydrogen-bond donors (Lipinski definition) is 0. The van der Waals surface area contributed by atoms with Crippen LogP contribution in [0.4, 0.5) is 0 Å². The highest BCUT2D eigenvalue weighted by molar-refractivity contribution is 9.09. The van der Waals surface area contributed by atoms with E-state index in [0.717, 1.165) is 22.7 Å². The molecule has 0 amide bonds. The van der Waals surface area contributed by atoms with Crippen molar-refractivity contribution < 1.29 is 0 Å². The molecule has 17 heavy (non-hydrogen) atoms. The van der Waals surface area contributed by atoms with Crippen molar-refractivity contribution in [2.24, 2.45) is 0 Å². The number of aromatic nitrogens is 3. The average Bonchev–Trinajstić information content (AvgIpc) is 2.80. The molecule has 0 fully saturated rings. The SMILES string of the molecule is CCC(Br)c1cn(Cc2ccccc2Cl)nn1. The first kappa shape index (κ1) is 12.6. The highest BCUT2D eigenvalue weighted by Gasteiger charge is 2.10. The van der Waals surface area contributed by atoms with Crippen molar-refractivity contribution in [1.82, 2.24) is 15.0 Å². The molecule has 1 aromatic carbocycles. The van der Waals surface area contributed by atoms with Crippen molar-refractivity contribution in [1.29, 1.82) is 0 Å². The van der Waals surface area contributed by atoms with Gasteiger partial charge in [-0.3, -0.25) is 0 Å². The molecule has 0 bridgehead atoms. The van der Waals surface area contributed by atoms with Crippen molar-refractivity contribution in [3.63, 3.8) is 0 Å². The van der Waals surface area contributed by atoms with Crippen molar-refractivity contribution >= 4 is 27.5 Å². The third kappa shape index (κ3) is 3.07. The zero-order valence-corrected chi connectivity index (χ0v) is 11.8. The Kier molecular flexibility index (Phi) is 4.18. The summed E-state index contributed by atoms with van der Waals surface area (Å²) in [6, 6.07) is 7.77. The van der Waals surface area contributed by atoms with Crippen LogP contribution in [0.15, 0.2) is 30.5 Å². The van der Waals surface area contributed by atoms with Gasteiger partial charge in [-0.05, 0) is 18.1 Å². The molecule has 0 saturated heterocycles. The van der Waals surface area contributed by atoms with Crippen LogP contribution in [0.1, 0.15) is 29.4 Å². The summed E-state index contributed by atoms with van der Waals surface area (Å²) >= 11 is 9.66. The second-order valence-corrected chi connectivity index (χ2v) is 5.32. The van der Waals surface area contributed by atoms with E-state index < -0.39 is 0 Å². The van der Waals surface area contributed by atoms with Crippen LogP contribution in [0.25, 0.3) is 0 Å². The molecule has 5 heteroatoms. The summed E-state index contributed by atoms with van der Waals surface area (Å²) in [5, 5.41) is 9.00. The van der Waals surface area contributed by atoms with Crippen molar-refractivity contribution in [2.45, 2.75) is 24.7 Å². The van der Waals surface area contributed by atoms with Crippen LogP contribution in [-0.2, 0) is 6.54 Å². The van der Waals surface area contributed by atoms with E-state index in [9.17, 15) is 0 Å². The van der Waals surface area contributed by atoms with Gasteiger partial charge in [0.25, 0.3) is 0 Å². The minimum absolute atomic E-state index is 0.266. The average molecular weight is 315 g/mol. The van der Waals surface area contributed by atoms with E-state index in [1.807, 2.05) is 30.5 Å². The first-order chi connectivity index (χ1) is 8.20. The molecule has 3 nitrogen and oxygen atoms in total. The van der Waals surface area contributed by atoms with E-state index in [1.165, 1.54) is 0 Å². The maximum Gasteiger partial charge on any atom is 0.0963 e. The molecular weight excluding hydrogens is 302 g/mol. The van der Waals surface area contributed by atoms with Gasteiger partial charge in [0, 0.05) is 11.2 Å². The molecule has 2 rings (SSSR count). The van der Waals surface area contributed by atoms with Crippen LogP contribution in [0.5, 0.6) is 0 Å². The van der Waals surface area contributed by atoms with Crippen LogP contribution >= 0.6 is 27.5 Å². The van der Waals surface area contributed by atoms with E-state index in [1.54, 1.807) is 4.68 Å². The van der Waals surface area contributed by atoms with E-state index >= 15 is 0 Å². The molecule has 0 aliphatic heterocycles. The van der Waals surface area contributed by atoms with Gasteiger partial charge in [0.1, 0.15) is 0 Å². The van der Waals surface area contributed by atoms with Gasteiger partial charge in [-0.15, -0.1) is 5.10 Å². The first-order valence-electron chi connectivity index (χ1n) is 5.48. The summed E-state index contributed by atoms with van der Waals surface area (Å²) in [7, 11) is 0. The minimum atomic E-state index is 0.266. The quantitative estimate of drug-likeness (QED) is 0.803. The number of halogens is 2. The van der Waals surface area contributed by atoms with E-state index in [0.29, 0.717) is 6.54 Å². The Balaban J connectivity index is 2.14. The molecule has 0 aliphatic rings. The number of nitrogens with zero attached hydrogens (tertiary/aromatic N) is 3. The summed E-state index contributed by atoms with van der Waals surface area (Å²) in [5.41, 5.74) is 2.01. The lowest BCUT2D eigenvalue weighted by molar-refractivity contribution is 0.649. The van der Waals surface area contributed by atoms with Gasteiger partial charge in [0.05, 0.1) is 17.1 Å². The fraction of sp³-hybridized carbons (Fsp3) is 0.333. The van der Waals surface area contributed by atoms with Gasteiger partial charge in [0.2, 0.25) is 0 Å². The molecule has 0 saturated carbocycles. The van der Waals surface area contributed by atoms with E-state index in [4.69, 9.17) is 11.6 Å². The van der Waals surface area contributed by atoms with Gasteiger partial charge < -0.3 is 0 Å². The Hall–Kier alpha value is -0.870. The molecule has 1 heterocycles. The van der Waals surface area contributed by atoms with Crippen molar-refractivity contribution in [3.8, 4) is 0 Å². The lowest BCUT2D eigenvalue weighted by Crippen LogP contribution is -2.00. The fourth-order valence-electron chi connectivity index (χ4n) is 1.54. The maximum absolute atomic E-state index is 6.10. The lowest BCUT2D eigenvalue weighted by atomic mass is 10.2. The molecule has 90 valence electrons. The van der Waals surface area contributed by atoms with Crippen LogP contribution in [0.3, 0.4) is 0 Å². The first-order valence-corrected chi connectivity index (χ1v) is 6.77. The normalized spacial score (nSPS) is 12.6. The Morgan fingerprint density at radius 1 is 1.41 bits per heavy atom. The molecule has 0 spiro atoms. The molecule has 0 radical (unpaired) electrons. The number of benzene rings is 1. The largest absolute Gasteiger partial charge is 0.248 e. The summed E-state index contributed by atoms with van der Waals surface area (Å²) in [5.74, 6) is 0. The monoisotopic (exact) mass is 313 g/mol. The summed E-state index contributed by atoms with van der Waals surface area (Å²) < 4.78 is 1.81. The maximum atomic E-state index is 6.10. The van der Waals surface area contributed by atoms with E-state index in [-0.39, 0.29) is 4.83 Å². The predicted octanol–water partition coefficient (Wildman–Crippen LogP) is 3.83. The van der Waals surface area contributed by atoms with E-state index in [2.05, 4.69) is 33.2 Å². The minimum Gasteiger partial charge on any atom is -0.248 e. The summed E-state index contributed by atoms with van der Waals surface area (Å²) in [6.45, 7) is 2.75. The summed E-state index contributed by atoms with van der Waals surface area (Å²) in [4.78, 5) is 0.266. The van der Waals surface area contributed by atoms with Crippen LogP contribution < -0.4 is 0 Å². The predicted molar refractivity (Wildman–Crippen MR) is 72.5 cm³/mol. The second-order valence-electron chi connectivity index (χ2n) is 3.81. The fourth-order valence-corrected chi connectivity index (χ4v) is 1.95. The number of rotatable bonds is 4. The zero-order chi connectivity index (χ0) is 12.3. The van der Waals surface area contributed by atoms with Crippen LogP contribution in [0.2, 0.25) is 5.02 Å². The number of hydrogen-bond acceptors (Lipinski definition) is 2. The highest BCUT2D eigenvalue weighted by atomic mass is 79.9. The third-order valence-electron chi connectivity index (χ3n) is 2.53. The molecular formula is C12H13BrClN3. The van der Waals surface area contributed by atoms with Gasteiger partial charge in [0.15, 0.2) is 0 Å². The van der Waals surface area contributed by atoms with Gasteiger partial charge >= 0.3 is 0 Å². The Labute approximate surface area is 114 Å². The standard InChI is InChI=1S/C12H13BrClN3/c1-2-10(13)12-8-17(16-15-12)7-9-5-3-4-6-11(9)14/h3-6,8,10H,2,7H2,1H3. The Morgan fingerprint density at radius 3 is 2.88 bits per heavy atom. The molecule has 0 aliphatic carbocycles. The third-order valence-corrected chi connectivity index (χ3v) is 4.01. The smallest absolute Gasteiger partial charge is 0.0963 e. The van der Waals surface area contributed by atoms with Crippen LogP contribution in [-0.4, -0.2) is 15.0 Å². The number of alkyl halides is 1.